The van der Waals surface area contributed by atoms with Gasteiger partial charge in [0.15, 0.2) is 0 Å². The summed E-state index contributed by atoms with van der Waals surface area (Å²) in [5.41, 5.74) is 0.445. The second kappa shape index (κ2) is 5.94. The maximum absolute atomic E-state index is 12.1. The lowest BCUT2D eigenvalue weighted by Gasteiger charge is -2.08. The van der Waals surface area contributed by atoms with Crippen LogP contribution in [0.25, 0.3) is 0 Å². The molecule has 0 atom stereocenters. The van der Waals surface area contributed by atoms with Gasteiger partial charge in [0.2, 0.25) is 0 Å². The molecule has 2 aromatic carbocycles. The first-order chi connectivity index (χ1) is 9.49. The molecule has 0 aliphatic rings. The fourth-order valence-electron chi connectivity index (χ4n) is 1.64. The molecule has 0 unspecified atom stereocenters. The number of carbonyl (C=O) groups excluding carboxylic acids is 1. The Hall–Kier alpha value is -2.04. The summed E-state index contributed by atoms with van der Waals surface area (Å²) in [4.78, 5) is 23.1. The number of hydrogen-bond acceptors (Lipinski definition) is 2. The highest BCUT2D eigenvalue weighted by Crippen LogP contribution is 2.25. The lowest BCUT2D eigenvalue weighted by Crippen LogP contribution is -2.16. The molecule has 2 N–H and O–H groups in total. The fourth-order valence-corrected chi connectivity index (χ4v) is 1.94. The van der Waals surface area contributed by atoms with Crippen LogP contribution >= 0.6 is 23.2 Å². The molecule has 1 amide bonds. The van der Waals surface area contributed by atoms with Crippen molar-refractivity contribution in [2.45, 2.75) is 0 Å². The Kier molecular flexibility index (Phi) is 4.27. The first-order valence-electron chi connectivity index (χ1n) is 5.58. The maximum Gasteiger partial charge on any atom is 0.336 e. The molecule has 2 rings (SSSR count). The van der Waals surface area contributed by atoms with Gasteiger partial charge in [-0.1, -0.05) is 35.3 Å². The standard InChI is InChI=1S/C14H9Cl2NO3/c15-11-6-5-8(7-12(11)16)17-13(18)9-3-1-2-4-10(9)14(19)20/h1-7H,(H,17,18)(H,19,20). The van der Waals surface area contributed by atoms with Crippen LogP contribution in [0.5, 0.6) is 0 Å². The first kappa shape index (κ1) is 14.4. The van der Waals surface area contributed by atoms with E-state index in [-0.39, 0.29) is 11.1 Å². The van der Waals surface area contributed by atoms with Crippen molar-refractivity contribution in [2.75, 3.05) is 5.32 Å². The molecule has 0 bridgehead atoms. The first-order valence-corrected chi connectivity index (χ1v) is 6.33. The van der Waals surface area contributed by atoms with E-state index in [9.17, 15) is 9.59 Å². The molecule has 0 spiro atoms. The van der Waals surface area contributed by atoms with Gasteiger partial charge in [-0.15, -0.1) is 0 Å². The molecule has 0 heterocycles. The quantitative estimate of drug-likeness (QED) is 0.902. The Morgan fingerprint density at radius 2 is 1.60 bits per heavy atom. The minimum Gasteiger partial charge on any atom is -0.478 e. The summed E-state index contributed by atoms with van der Waals surface area (Å²) >= 11 is 11.6. The lowest BCUT2D eigenvalue weighted by molar-refractivity contribution is 0.0692. The molecule has 0 saturated heterocycles. The SMILES string of the molecule is O=C(O)c1ccccc1C(=O)Nc1ccc(Cl)c(Cl)c1. The second-order valence-electron chi connectivity index (χ2n) is 3.93. The van der Waals surface area contributed by atoms with Crippen molar-refractivity contribution in [3.8, 4) is 0 Å². The van der Waals surface area contributed by atoms with E-state index in [1.165, 1.54) is 18.2 Å². The average molecular weight is 310 g/mol. The molecule has 0 fully saturated rings. The molecule has 102 valence electrons. The number of hydrogen-bond donors (Lipinski definition) is 2. The number of amides is 1. The van der Waals surface area contributed by atoms with Gasteiger partial charge in [-0.05, 0) is 30.3 Å². The van der Waals surface area contributed by atoms with Crippen LogP contribution in [0.4, 0.5) is 5.69 Å². The summed E-state index contributed by atoms with van der Waals surface area (Å²) in [5.74, 6) is -1.69. The molecular formula is C14H9Cl2NO3. The van der Waals surface area contributed by atoms with Crippen molar-refractivity contribution >= 4 is 40.8 Å². The van der Waals surface area contributed by atoms with Crippen LogP contribution in [0.2, 0.25) is 10.0 Å². The smallest absolute Gasteiger partial charge is 0.336 e. The Morgan fingerprint density at radius 1 is 0.950 bits per heavy atom. The van der Waals surface area contributed by atoms with Crippen molar-refractivity contribution in [3.63, 3.8) is 0 Å². The van der Waals surface area contributed by atoms with E-state index in [0.717, 1.165) is 0 Å². The number of carboxylic acids is 1. The monoisotopic (exact) mass is 309 g/mol. The highest BCUT2D eigenvalue weighted by atomic mass is 35.5. The molecule has 6 heteroatoms. The normalized spacial score (nSPS) is 10.1. The van der Waals surface area contributed by atoms with Gasteiger partial charge >= 0.3 is 5.97 Å². The van der Waals surface area contributed by atoms with Crippen molar-refractivity contribution in [2.24, 2.45) is 0 Å². The number of anilines is 1. The van der Waals surface area contributed by atoms with Crippen molar-refractivity contribution in [1.82, 2.24) is 0 Å². The summed E-state index contributed by atoms with van der Waals surface area (Å²) in [6.45, 7) is 0. The minimum atomic E-state index is -1.16. The number of benzene rings is 2. The Morgan fingerprint density at radius 3 is 2.20 bits per heavy atom. The number of aromatic carboxylic acids is 1. The van der Waals surface area contributed by atoms with Crippen LogP contribution < -0.4 is 5.32 Å². The van der Waals surface area contributed by atoms with Gasteiger partial charge in [0.25, 0.3) is 5.91 Å². The minimum absolute atomic E-state index is 0.0648. The summed E-state index contributed by atoms with van der Waals surface area (Å²) < 4.78 is 0. The van der Waals surface area contributed by atoms with E-state index in [0.29, 0.717) is 15.7 Å². The molecule has 0 aliphatic heterocycles. The molecule has 0 aromatic heterocycles. The van der Waals surface area contributed by atoms with E-state index in [4.69, 9.17) is 28.3 Å². The van der Waals surface area contributed by atoms with Crippen molar-refractivity contribution < 1.29 is 14.7 Å². The number of halogens is 2. The fraction of sp³-hybridized carbons (Fsp3) is 0. The van der Waals surface area contributed by atoms with Gasteiger partial charge in [0.1, 0.15) is 0 Å². The number of nitrogens with one attached hydrogen (secondary N) is 1. The third-order valence-electron chi connectivity index (χ3n) is 2.58. The van der Waals surface area contributed by atoms with Crippen LogP contribution in [0.3, 0.4) is 0 Å². The molecule has 4 nitrogen and oxygen atoms in total. The van der Waals surface area contributed by atoms with Crippen LogP contribution in [0, 0.1) is 0 Å². The predicted octanol–water partition coefficient (Wildman–Crippen LogP) is 3.94. The van der Waals surface area contributed by atoms with Crippen LogP contribution in [-0.2, 0) is 0 Å². The molecule has 20 heavy (non-hydrogen) atoms. The highest BCUT2D eigenvalue weighted by molar-refractivity contribution is 6.42. The van der Waals surface area contributed by atoms with Crippen molar-refractivity contribution in [1.29, 1.82) is 0 Å². The van der Waals surface area contributed by atoms with Gasteiger partial charge in [-0.3, -0.25) is 4.79 Å². The van der Waals surface area contributed by atoms with E-state index in [1.54, 1.807) is 24.3 Å². The van der Waals surface area contributed by atoms with Gasteiger partial charge in [0, 0.05) is 5.69 Å². The van der Waals surface area contributed by atoms with Crippen LogP contribution in [0.15, 0.2) is 42.5 Å². The zero-order valence-electron chi connectivity index (χ0n) is 10.1. The number of carboxylic acid groups (broad SMARTS) is 1. The molecular weight excluding hydrogens is 301 g/mol. The Bertz CT molecular complexity index is 686. The Balaban J connectivity index is 2.28. The van der Waals surface area contributed by atoms with Gasteiger partial charge in [-0.25, -0.2) is 4.79 Å². The van der Waals surface area contributed by atoms with Crippen molar-refractivity contribution in [3.05, 3.63) is 63.6 Å². The molecule has 0 radical (unpaired) electrons. The predicted molar refractivity (Wildman–Crippen MR) is 77.8 cm³/mol. The largest absolute Gasteiger partial charge is 0.478 e. The zero-order valence-corrected chi connectivity index (χ0v) is 11.6. The maximum atomic E-state index is 12.1. The zero-order chi connectivity index (χ0) is 14.7. The van der Waals surface area contributed by atoms with Crippen LogP contribution in [-0.4, -0.2) is 17.0 Å². The Labute approximate surface area is 124 Å². The third kappa shape index (κ3) is 3.10. The van der Waals surface area contributed by atoms with Gasteiger partial charge in [0.05, 0.1) is 21.2 Å². The third-order valence-corrected chi connectivity index (χ3v) is 3.32. The van der Waals surface area contributed by atoms with E-state index in [2.05, 4.69) is 5.32 Å². The number of rotatable bonds is 3. The van der Waals surface area contributed by atoms with E-state index >= 15 is 0 Å². The highest BCUT2D eigenvalue weighted by Gasteiger charge is 2.16. The molecule has 0 saturated carbocycles. The molecule has 0 aliphatic carbocycles. The topological polar surface area (TPSA) is 66.4 Å². The summed E-state index contributed by atoms with van der Waals surface area (Å²) in [6.07, 6.45) is 0. The number of carbonyl (C=O) groups is 2. The van der Waals surface area contributed by atoms with E-state index < -0.39 is 11.9 Å². The van der Waals surface area contributed by atoms with Gasteiger partial charge in [-0.2, -0.15) is 0 Å². The summed E-state index contributed by atoms with van der Waals surface area (Å²) in [6, 6.07) is 10.6. The van der Waals surface area contributed by atoms with Crippen LogP contribution in [0.1, 0.15) is 20.7 Å². The van der Waals surface area contributed by atoms with E-state index in [1.807, 2.05) is 0 Å². The van der Waals surface area contributed by atoms with Gasteiger partial charge < -0.3 is 10.4 Å². The second-order valence-corrected chi connectivity index (χ2v) is 4.75. The average Bonchev–Trinajstić information content (AvgIpc) is 2.43. The summed E-state index contributed by atoms with van der Waals surface area (Å²) in [5, 5.41) is 12.3. The summed E-state index contributed by atoms with van der Waals surface area (Å²) in [7, 11) is 0. The molecule has 2 aromatic rings. The lowest BCUT2D eigenvalue weighted by atomic mass is 10.1.